The highest BCUT2D eigenvalue weighted by Crippen LogP contribution is 2.40. The Bertz CT molecular complexity index is 2600. The van der Waals surface area contributed by atoms with Gasteiger partial charge >= 0.3 is 0 Å². The van der Waals surface area contributed by atoms with Gasteiger partial charge in [0.05, 0.1) is 17.3 Å². The summed E-state index contributed by atoms with van der Waals surface area (Å²) in [5, 5.41) is 15.2. The van der Waals surface area contributed by atoms with Crippen molar-refractivity contribution in [2.45, 2.75) is 6.04 Å². The van der Waals surface area contributed by atoms with Crippen LogP contribution in [0.3, 0.4) is 0 Å². The van der Waals surface area contributed by atoms with Crippen molar-refractivity contribution >= 4 is 28.3 Å². The quantitative estimate of drug-likeness (QED) is 0.133. The molecule has 1 atom stereocenters. The van der Waals surface area contributed by atoms with Gasteiger partial charge in [-0.05, 0) is 40.5 Å². The van der Waals surface area contributed by atoms with Crippen LogP contribution in [0.5, 0.6) is 0 Å². The normalized spacial score (nSPS) is 14.5. The molecular formula is C46H32N6O. The number of hydrogen-bond acceptors (Lipinski definition) is 7. The summed E-state index contributed by atoms with van der Waals surface area (Å²) in [6.45, 7) is 0. The molecule has 9 rings (SSSR count). The van der Waals surface area contributed by atoms with Crippen molar-refractivity contribution in [2.75, 3.05) is 0 Å². The second-order valence-electron chi connectivity index (χ2n) is 12.9. The number of rotatable bonds is 6. The van der Waals surface area contributed by atoms with Gasteiger partial charge in [-0.3, -0.25) is 0 Å². The third kappa shape index (κ3) is 5.95. The van der Waals surface area contributed by atoms with Gasteiger partial charge in [0.25, 0.3) is 0 Å². The fourth-order valence-corrected chi connectivity index (χ4v) is 6.99. The molecule has 0 saturated heterocycles. The van der Waals surface area contributed by atoms with Crippen LogP contribution < -0.4 is 5.73 Å². The Labute approximate surface area is 306 Å². The molecule has 1 aliphatic carbocycles. The molecule has 0 aliphatic heterocycles. The van der Waals surface area contributed by atoms with Crippen molar-refractivity contribution in [1.82, 2.24) is 19.9 Å². The molecule has 252 valence electrons. The molecule has 1 unspecified atom stereocenters. The Morgan fingerprint density at radius 1 is 0.472 bits per heavy atom. The van der Waals surface area contributed by atoms with Crippen LogP contribution in [0.2, 0.25) is 0 Å². The summed E-state index contributed by atoms with van der Waals surface area (Å²) in [7, 11) is 0. The summed E-state index contributed by atoms with van der Waals surface area (Å²) >= 11 is 0. The van der Waals surface area contributed by atoms with Crippen LogP contribution in [0.25, 0.3) is 79.1 Å². The number of benzene rings is 6. The number of hydrogen-bond donors (Lipinski definition) is 2. The van der Waals surface area contributed by atoms with Crippen molar-refractivity contribution in [3.63, 3.8) is 0 Å². The molecule has 0 bridgehead atoms. The summed E-state index contributed by atoms with van der Waals surface area (Å²) in [5.74, 6) is 1.82. The molecule has 8 aromatic rings. The van der Waals surface area contributed by atoms with Gasteiger partial charge in [0, 0.05) is 38.8 Å². The van der Waals surface area contributed by atoms with E-state index in [0.717, 1.165) is 72.2 Å². The maximum atomic E-state index is 10.5. The van der Waals surface area contributed by atoms with Gasteiger partial charge < -0.3 is 10.9 Å². The second-order valence-corrected chi connectivity index (χ2v) is 12.9. The lowest BCUT2D eigenvalue weighted by Crippen LogP contribution is -2.35. The number of nitrogens with zero attached hydrogens (tertiary/aromatic N) is 5. The van der Waals surface area contributed by atoms with Gasteiger partial charge in [-0.25, -0.2) is 19.9 Å². The number of oxime groups is 1. The van der Waals surface area contributed by atoms with Crippen LogP contribution in [0.1, 0.15) is 16.7 Å². The predicted molar refractivity (Wildman–Crippen MR) is 213 cm³/mol. The lowest BCUT2D eigenvalue weighted by Gasteiger charge is -2.27. The van der Waals surface area contributed by atoms with Crippen LogP contribution >= 0.6 is 0 Å². The monoisotopic (exact) mass is 684 g/mol. The first-order valence-corrected chi connectivity index (χ1v) is 17.4. The molecular weight excluding hydrogens is 653 g/mol. The van der Waals surface area contributed by atoms with Crippen LogP contribution in [-0.4, -0.2) is 36.9 Å². The summed E-state index contributed by atoms with van der Waals surface area (Å²) in [5.41, 5.74) is 18.0. The summed E-state index contributed by atoms with van der Waals surface area (Å²) < 4.78 is 0. The maximum Gasteiger partial charge on any atom is 0.164 e. The molecule has 7 nitrogen and oxygen atoms in total. The zero-order chi connectivity index (χ0) is 35.7. The summed E-state index contributed by atoms with van der Waals surface area (Å²) in [6.07, 6.45) is 2.10. The van der Waals surface area contributed by atoms with Gasteiger partial charge in [-0.15, -0.1) is 0 Å². The van der Waals surface area contributed by atoms with E-state index in [0.29, 0.717) is 23.2 Å². The van der Waals surface area contributed by atoms with E-state index in [1.54, 1.807) is 0 Å². The van der Waals surface area contributed by atoms with Gasteiger partial charge in [-0.2, -0.15) is 0 Å². The SMILES string of the molecule is NC1C(c2ccccc2)=Cc2c(-c3ccccc3)nc3ccc(-c4ccc(-c5nc(-c6ccccc6)nc(-c6ccccc6)n5)cc4)cc3c2/C1=N/O. The van der Waals surface area contributed by atoms with E-state index in [-0.39, 0.29) is 0 Å². The average Bonchev–Trinajstić information content (AvgIpc) is 3.24. The fourth-order valence-electron chi connectivity index (χ4n) is 6.99. The molecule has 53 heavy (non-hydrogen) atoms. The van der Waals surface area contributed by atoms with Gasteiger partial charge in [-0.1, -0.05) is 157 Å². The lowest BCUT2D eigenvalue weighted by atomic mass is 9.80. The Hall–Kier alpha value is -7.09. The Morgan fingerprint density at radius 3 is 1.45 bits per heavy atom. The van der Waals surface area contributed by atoms with E-state index < -0.39 is 6.04 Å². The van der Waals surface area contributed by atoms with E-state index in [2.05, 4.69) is 35.5 Å². The van der Waals surface area contributed by atoms with Crippen LogP contribution in [0.4, 0.5) is 0 Å². The number of aromatic nitrogens is 4. The fraction of sp³-hybridized carbons (Fsp3) is 0.0217. The van der Waals surface area contributed by atoms with Crippen molar-refractivity contribution < 1.29 is 5.21 Å². The molecule has 2 aromatic heterocycles. The Kier molecular flexibility index (Phi) is 8.15. The van der Waals surface area contributed by atoms with E-state index in [1.165, 1.54) is 0 Å². The topological polar surface area (TPSA) is 110 Å². The summed E-state index contributed by atoms with van der Waals surface area (Å²) in [4.78, 5) is 19.8. The smallest absolute Gasteiger partial charge is 0.164 e. The molecule has 0 radical (unpaired) electrons. The molecule has 0 saturated carbocycles. The van der Waals surface area contributed by atoms with Crippen molar-refractivity contribution in [3.8, 4) is 56.5 Å². The lowest BCUT2D eigenvalue weighted by molar-refractivity contribution is 0.318. The standard InChI is InChI=1S/C46H32N6O/c47-41-36(30-13-5-1-6-14-30)28-38-40(43(41)52-53)37-27-35(25-26-39(37)48-42(38)31-15-7-2-8-16-31)29-21-23-34(24-22-29)46-50-44(32-17-9-3-10-18-32)49-45(51-46)33-19-11-4-12-20-33/h1-28,41,53H,47H2/b52-43-. The third-order valence-corrected chi connectivity index (χ3v) is 9.65. The first kappa shape index (κ1) is 31.9. The first-order chi connectivity index (χ1) is 26.1. The Balaban J connectivity index is 1.17. The molecule has 3 N–H and O–H groups in total. The van der Waals surface area contributed by atoms with Gasteiger partial charge in [0.15, 0.2) is 17.5 Å². The Morgan fingerprint density at radius 2 is 0.925 bits per heavy atom. The highest BCUT2D eigenvalue weighted by Gasteiger charge is 2.31. The molecule has 7 heteroatoms. The first-order valence-electron chi connectivity index (χ1n) is 17.4. The van der Waals surface area contributed by atoms with E-state index in [9.17, 15) is 5.21 Å². The number of fused-ring (bicyclic) bond motifs is 3. The molecule has 0 amide bonds. The molecule has 1 aliphatic rings. The number of pyridine rings is 1. The zero-order valence-corrected chi connectivity index (χ0v) is 28.5. The highest BCUT2D eigenvalue weighted by atomic mass is 16.4. The number of nitrogens with two attached hydrogens (primary N) is 1. The minimum Gasteiger partial charge on any atom is -0.411 e. The molecule has 0 spiro atoms. The van der Waals surface area contributed by atoms with Crippen molar-refractivity contribution in [3.05, 3.63) is 180 Å². The minimum absolute atomic E-state index is 0.400. The minimum atomic E-state index is -0.644. The van der Waals surface area contributed by atoms with Crippen LogP contribution in [-0.2, 0) is 0 Å². The molecule has 2 heterocycles. The van der Waals surface area contributed by atoms with E-state index in [1.807, 2.05) is 140 Å². The van der Waals surface area contributed by atoms with Crippen molar-refractivity contribution in [2.24, 2.45) is 10.9 Å². The zero-order valence-electron chi connectivity index (χ0n) is 28.5. The van der Waals surface area contributed by atoms with Gasteiger partial charge in [0.2, 0.25) is 0 Å². The highest BCUT2D eigenvalue weighted by molar-refractivity contribution is 6.24. The van der Waals surface area contributed by atoms with Crippen LogP contribution in [0.15, 0.2) is 169 Å². The summed E-state index contributed by atoms with van der Waals surface area (Å²) in [6, 6.07) is 53.7. The third-order valence-electron chi connectivity index (χ3n) is 9.65. The van der Waals surface area contributed by atoms with E-state index in [4.69, 9.17) is 25.7 Å². The van der Waals surface area contributed by atoms with Crippen molar-refractivity contribution in [1.29, 1.82) is 0 Å². The average molecular weight is 685 g/mol. The molecule has 6 aromatic carbocycles. The maximum absolute atomic E-state index is 10.5. The largest absolute Gasteiger partial charge is 0.411 e. The predicted octanol–water partition coefficient (Wildman–Crippen LogP) is 9.81. The van der Waals surface area contributed by atoms with E-state index >= 15 is 0 Å². The van der Waals surface area contributed by atoms with Crippen LogP contribution in [0, 0.1) is 0 Å². The second kappa shape index (κ2) is 13.6. The van der Waals surface area contributed by atoms with Gasteiger partial charge in [0.1, 0.15) is 5.71 Å². The molecule has 0 fully saturated rings.